The molecule has 0 aliphatic carbocycles. The number of benzene rings is 2. The third-order valence-electron chi connectivity index (χ3n) is 4.24. The quantitative estimate of drug-likeness (QED) is 0.605. The van der Waals surface area contributed by atoms with Crippen molar-refractivity contribution >= 4 is 23.0 Å². The smallest absolute Gasteiger partial charge is 0.279 e. The van der Waals surface area contributed by atoms with Crippen LogP contribution in [0.5, 0.6) is 5.75 Å². The van der Waals surface area contributed by atoms with E-state index in [0.717, 1.165) is 0 Å². The predicted octanol–water partition coefficient (Wildman–Crippen LogP) is 4.19. The maximum atomic E-state index is 13.3. The Bertz CT molecular complexity index is 891. The van der Waals surface area contributed by atoms with E-state index in [4.69, 9.17) is 4.74 Å². The Labute approximate surface area is 144 Å². The van der Waals surface area contributed by atoms with Gasteiger partial charge in [-0.25, -0.2) is 4.39 Å². The van der Waals surface area contributed by atoms with E-state index in [1.165, 1.54) is 29.2 Å². The van der Waals surface area contributed by atoms with E-state index >= 15 is 0 Å². The second kappa shape index (κ2) is 5.54. The molecule has 1 amide bonds. The molecular weight excluding hydrogens is 327 g/mol. The van der Waals surface area contributed by atoms with Crippen molar-refractivity contribution in [1.29, 1.82) is 0 Å². The zero-order chi connectivity index (χ0) is 18.5. The molecule has 0 aromatic heterocycles. The van der Waals surface area contributed by atoms with Crippen LogP contribution in [0.15, 0.2) is 30.3 Å². The highest BCUT2D eigenvalue weighted by Crippen LogP contribution is 2.47. The maximum Gasteiger partial charge on any atom is 0.279 e. The number of hydrogen-bond acceptors (Lipinski definition) is 4. The highest BCUT2D eigenvalue weighted by Gasteiger charge is 2.43. The first-order chi connectivity index (χ1) is 11.6. The minimum Gasteiger partial charge on any atom is -0.475 e. The van der Waals surface area contributed by atoms with Crippen LogP contribution in [-0.4, -0.2) is 16.4 Å². The summed E-state index contributed by atoms with van der Waals surface area (Å²) in [7, 11) is 0. The number of nitrogens with zero attached hydrogens (tertiary/aromatic N) is 2. The lowest BCUT2D eigenvalue weighted by atomic mass is 9.98. The molecule has 0 atom stereocenters. The fraction of sp³-hybridized carbons (Fsp3) is 0.278. The zero-order valence-corrected chi connectivity index (χ0v) is 14.3. The third-order valence-corrected chi connectivity index (χ3v) is 4.24. The van der Waals surface area contributed by atoms with E-state index in [-0.39, 0.29) is 17.3 Å². The molecule has 0 N–H and O–H groups in total. The average Bonchev–Trinajstić information content (AvgIpc) is 2.51. The van der Waals surface area contributed by atoms with Crippen molar-refractivity contribution < 1.29 is 18.8 Å². The van der Waals surface area contributed by atoms with E-state index in [9.17, 15) is 19.3 Å². The average molecular weight is 344 g/mol. The molecule has 3 rings (SSSR count). The first-order valence-electron chi connectivity index (χ1n) is 7.71. The number of fused-ring (bicyclic) bond motifs is 1. The van der Waals surface area contributed by atoms with Crippen LogP contribution >= 0.6 is 0 Å². The van der Waals surface area contributed by atoms with Gasteiger partial charge in [-0.05, 0) is 58.0 Å². The van der Waals surface area contributed by atoms with Gasteiger partial charge in [-0.1, -0.05) is 0 Å². The number of halogens is 1. The molecule has 0 fully saturated rings. The van der Waals surface area contributed by atoms with Crippen molar-refractivity contribution in [3.05, 3.63) is 57.4 Å². The molecule has 0 saturated carbocycles. The molecule has 2 aromatic rings. The molecule has 7 heteroatoms. The number of anilines is 2. The van der Waals surface area contributed by atoms with Gasteiger partial charge in [0.25, 0.3) is 11.6 Å². The van der Waals surface area contributed by atoms with Gasteiger partial charge < -0.3 is 4.74 Å². The fourth-order valence-electron chi connectivity index (χ4n) is 3.03. The van der Waals surface area contributed by atoms with Crippen molar-refractivity contribution in [2.75, 3.05) is 4.90 Å². The molecule has 1 aliphatic rings. The summed E-state index contributed by atoms with van der Waals surface area (Å²) in [6, 6.07) is 7.05. The van der Waals surface area contributed by atoms with Crippen LogP contribution in [0.3, 0.4) is 0 Å². The van der Waals surface area contributed by atoms with Gasteiger partial charge in [-0.15, -0.1) is 0 Å². The fourth-order valence-corrected chi connectivity index (χ4v) is 3.03. The minimum absolute atomic E-state index is 0.0389. The van der Waals surface area contributed by atoms with Crippen LogP contribution in [0, 0.1) is 29.8 Å². The standard InChI is InChI=1S/C18H17FN2O4/c1-10-9-14-16(11(2)15(10)21(23)24)25-18(3,4)17(22)20(14)13-7-5-12(19)6-8-13/h5-9H,1-4H3. The van der Waals surface area contributed by atoms with E-state index < -0.39 is 16.3 Å². The highest BCUT2D eigenvalue weighted by molar-refractivity contribution is 6.08. The maximum absolute atomic E-state index is 13.3. The van der Waals surface area contributed by atoms with Crippen molar-refractivity contribution in [2.24, 2.45) is 0 Å². The SMILES string of the molecule is Cc1cc2c(c(C)c1[N+](=O)[O-])OC(C)(C)C(=O)N2c1ccc(F)cc1. The Kier molecular flexibility index (Phi) is 3.74. The second-order valence-corrected chi connectivity index (χ2v) is 6.50. The summed E-state index contributed by atoms with van der Waals surface area (Å²) >= 11 is 0. The molecule has 1 aliphatic heterocycles. The number of amides is 1. The molecular formula is C18H17FN2O4. The monoisotopic (exact) mass is 344 g/mol. The molecule has 0 unspecified atom stereocenters. The lowest BCUT2D eigenvalue weighted by molar-refractivity contribution is -0.386. The van der Waals surface area contributed by atoms with Crippen LogP contribution in [0.4, 0.5) is 21.5 Å². The molecule has 2 aromatic carbocycles. The Morgan fingerprint density at radius 2 is 1.80 bits per heavy atom. The highest BCUT2D eigenvalue weighted by atomic mass is 19.1. The number of carbonyl (C=O) groups is 1. The van der Waals surface area contributed by atoms with E-state index in [0.29, 0.717) is 22.5 Å². The van der Waals surface area contributed by atoms with Gasteiger partial charge in [-0.2, -0.15) is 0 Å². The van der Waals surface area contributed by atoms with Crippen LogP contribution in [0.1, 0.15) is 25.0 Å². The van der Waals surface area contributed by atoms with Crippen molar-refractivity contribution in [2.45, 2.75) is 33.3 Å². The van der Waals surface area contributed by atoms with Gasteiger partial charge in [-0.3, -0.25) is 19.8 Å². The Hall–Kier alpha value is -2.96. The predicted molar refractivity (Wildman–Crippen MR) is 90.8 cm³/mol. The molecule has 0 radical (unpaired) electrons. The molecule has 0 saturated heterocycles. The molecule has 25 heavy (non-hydrogen) atoms. The number of hydrogen-bond donors (Lipinski definition) is 0. The van der Waals surface area contributed by atoms with E-state index in [2.05, 4.69) is 0 Å². The largest absolute Gasteiger partial charge is 0.475 e. The van der Waals surface area contributed by atoms with Gasteiger partial charge in [0.15, 0.2) is 11.4 Å². The third kappa shape index (κ3) is 2.61. The summed E-state index contributed by atoms with van der Waals surface area (Å²) in [6.07, 6.45) is 0. The Balaban J connectivity index is 2.30. The summed E-state index contributed by atoms with van der Waals surface area (Å²) in [4.78, 5) is 25.2. The second-order valence-electron chi connectivity index (χ2n) is 6.50. The van der Waals surface area contributed by atoms with E-state index in [1.54, 1.807) is 33.8 Å². The molecule has 1 heterocycles. The number of ether oxygens (including phenoxy) is 1. The number of rotatable bonds is 2. The Morgan fingerprint density at radius 1 is 1.20 bits per heavy atom. The summed E-state index contributed by atoms with van der Waals surface area (Å²) in [5.74, 6) is -0.467. The summed E-state index contributed by atoms with van der Waals surface area (Å²) in [6.45, 7) is 6.40. The molecule has 130 valence electrons. The van der Waals surface area contributed by atoms with Gasteiger partial charge >= 0.3 is 0 Å². The minimum atomic E-state index is -1.21. The van der Waals surface area contributed by atoms with Crippen molar-refractivity contribution in [3.63, 3.8) is 0 Å². The number of nitro groups is 1. The van der Waals surface area contributed by atoms with Crippen molar-refractivity contribution in [1.82, 2.24) is 0 Å². The topological polar surface area (TPSA) is 72.7 Å². The Morgan fingerprint density at radius 3 is 2.36 bits per heavy atom. The molecule has 6 nitrogen and oxygen atoms in total. The van der Waals surface area contributed by atoms with Crippen LogP contribution in [0.25, 0.3) is 0 Å². The zero-order valence-electron chi connectivity index (χ0n) is 14.3. The first kappa shape index (κ1) is 16.9. The lowest BCUT2D eigenvalue weighted by Gasteiger charge is -2.39. The summed E-state index contributed by atoms with van der Waals surface area (Å²) in [5, 5.41) is 11.4. The number of nitro benzene ring substituents is 1. The van der Waals surface area contributed by atoms with Gasteiger partial charge in [0.1, 0.15) is 5.82 Å². The summed E-state index contributed by atoms with van der Waals surface area (Å²) < 4.78 is 19.1. The molecule has 0 spiro atoms. The lowest BCUT2D eigenvalue weighted by Crippen LogP contribution is -2.50. The van der Waals surface area contributed by atoms with Crippen LogP contribution in [0.2, 0.25) is 0 Å². The normalized spacial score (nSPS) is 15.6. The number of aryl methyl sites for hydroxylation is 1. The first-order valence-corrected chi connectivity index (χ1v) is 7.71. The van der Waals surface area contributed by atoms with E-state index in [1.807, 2.05) is 0 Å². The van der Waals surface area contributed by atoms with Gasteiger partial charge in [0.05, 0.1) is 16.2 Å². The van der Waals surface area contributed by atoms with Gasteiger partial charge in [0, 0.05) is 11.3 Å². The van der Waals surface area contributed by atoms with Crippen LogP contribution in [-0.2, 0) is 4.79 Å². The van der Waals surface area contributed by atoms with Crippen molar-refractivity contribution in [3.8, 4) is 5.75 Å². The summed E-state index contributed by atoms with van der Waals surface area (Å²) in [5.41, 5.74) is 0.406. The number of carbonyl (C=O) groups excluding carboxylic acids is 1. The van der Waals surface area contributed by atoms with Crippen LogP contribution < -0.4 is 9.64 Å². The molecule has 0 bridgehead atoms. The van der Waals surface area contributed by atoms with Gasteiger partial charge in [0.2, 0.25) is 0 Å².